The Hall–Kier alpha value is -3.33. The van der Waals surface area contributed by atoms with Gasteiger partial charge < -0.3 is 19.1 Å². The molecule has 39 heavy (non-hydrogen) atoms. The zero-order chi connectivity index (χ0) is 28.4. The topological polar surface area (TPSA) is 97.0 Å². The molecule has 0 saturated carbocycles. The highest BCUT2D eigenvalue weighted by atomic mass is 32.2. The first-order chi connectivity index (χ1) is 18.6. The van der Waals surface area contributed by atoms with Crippen molar-refractivity contribution >= 4 is 46.1 Å². The summed E-state index contributed by atoms with van der Waals surface area (Å²) in [5.74, 6) is 1.72. The summed E-state index contributed by atoms with van der Waals surface area (Å²) >= 11 is 6.80. The minimum atomic E-state index is -0.364. The normalized spacial score (nSPS) is 20.5. The molecule has 4 rings (SSSR count). The Balaban J connectivity index is 1.68. The summed E-state index contributed by atoms with van der Waals surface area (Å²) in [6.07, 6.45) is 2.27. The number of nitrogens with zero attached hydrogens (tertiary/aromatic N) is 4. The molecular formula is C28H32N4O5S2. The van der Waals surface area contributed by atoms with E-state index in [1.165, 1.54) is 16.3 Å². The summed E-state index contributed by atoms with van der Waals surface area (Å²) in [7, 11) is 4.83. The van der Waals surface area contributed by atoms with E-state index in [-0.39, 0.29) is 29.2 Å². The number of pyridine rings is 1. The molecular weight excluding hydrogens is 536 g/mol. The fourth-order valence-corrected chi connectivity index (χ4v) is 6.34. The summed E-state index contributed by atoms with van der Waals surface area (Å²) < 4.78 is 18.6. The first kappa shape index (κ1) is 28.7. The SMILES string of the molecule is COc1ccc(CCN2C(=O)C(=Cc3c(C)c(C#N)c(=O)n(C)c3N3CC(C)OC(C)C3)SC2=S)cc1OC. The quantitative estimate of drug-likeness (QED) is 0.366. The second kappa shape index (κ2) is 11.8. The monoisotopic (exact) mass is 568 g/mol. The fourth-order valence-electron chi connectivity index (χ4n) is 5.05. The van der Waals surface area contributed by atoms with Crippen LogP contribution in [0.3, 0.4) is 0 Å². The Morgan fingerprint density at radius 2 is 1.85 bits per heavy atom. The van der Waals surface area contributed by atoms with Crippen LogP contribution in [0.15, 0.2) is 27.9 Å². The van der Waals surface area contributed by atoms with Crippen LogP contribution in [0.1, 0.15) is 36.1 Å². The Morgan fingerprint density at radius 3 is 2.46 bits per heavy atom. The van der Waals surface area contributed by atoms with E-state index in [4.69, 9.17) is 26.4 Å². The predicted molar refractivity (Wildman–Crippen MR) is 156 cm³/mol. The zero-order valence-corrected chi connectivity index (χ0v) is 24.6. The summed E-state index contributed by atoms with van der Waals surface area (Å²) in [6, 6.07) is 7.71. The molecule has 206 valence electrons. The predicted octanol–water partition coefficient (Wildman–Crippen LogP) is 3.64. The maximum Gasteiger partial charge on any atom is 0.270 e. The molecule has 0 radical (unpaired) electrons. The Labute approximate surface area is 237 Å². The van der Waals surface area contributed by atoms with E-state index in [0.717, 1.165) is 5.56 Å². The van der Waals surface area contributed by atoms with Gasteiger partial charge in [0.1, 0.15) is 21.8 Å². The van der Waals surface area contributed by atoms with Gasteiger partial charge >= 0.3 is 0 Å². The number of ether oxygens (including phenoxy) is 3. The smallest absolute Gasteiger partial charge is 0.270 e. The first-order valence-electron chi connectivity index (χ1n) is 12.6. The number of aromatic nitrogens is 1. The average molecular weight is 569 g/mol. The largest absolute Gasteiger partial charge is 0.493 e. The van der Waals surface area contributed by atoms with Crippen LogP contribution in [0, 0.1) is 18.3 Å². The number of rotatable bonds is 7. The van der Waals surface area contributed by atoms with Crippen molar-refractivity contribution in [2.75, 3.05) is 38.8 Å². The third-order valence-electron chi connectivity index (χ3n) is 6.91. The lowest BCUT2D eigenvalue weighted by Gasteiger charge is -2.38. The van der Waals surface area contributed by atoms with Gasteiger partial charge in [-0.25, -0.2) is 0 Å². The van der Waals surface area contributed by atoms with Crippen molar-refractivity contribution in [2.45, 2.75) is 39.4 Å². The number of thioether (sulfide) groups is 1. The van der Waals surface area contributed by atoms with Crippen molar-refractivity contribution in [3.63, 3.8) is 0 Å². The number of nitriles is 1. The van der Waals surface area contributed by atoms with E-state index in [0.29, 0.717) is 63.7 Å². The number of anilines is 1. The molecule has 0 N–H and O–H groups in total. The van der Waals surface area contributed by atoms with Gasteiger partial charge in [0.25, 0.3) is 11.5 Å². The number of carbonyl (C=O) groups excluding carboxylic acids is 1. The molecule has 1 aromatic heterocycles. The zero-order valence-electron chi connectivity index (χ0n) is 22.9. The average Bonchev–Trinajstić information content (AvgIpc) is 3.17. The highest BCUT2D eigenvalue weighted by Crippen LogP contribution is 2.36. The van der Waals surface area contributed by atoms with Gasteiger partial charge in [-0.3, -0.25) is 19.1 Å². The van der Waals surface area contributed by atoms with E-state index in [9.17, 15) is 14.9 Å². The molecule has 2 saturated heterocycles. The van der Waals surface area contributed by atoms with Gasteiger partial charge in [0.2, 0.25) is 0 Å². The second-order valence-corrected chi connectivity index (χ2v) is 11.3. The molecule has 2 aliphatic rings. The number of hydrogen-bond acceptors (Lipinski definition) is 9. The molecule has 2 aliphatic heterocycles. The number of carbonyl (C=O) groups is 1. The molecule has 0 spiro atoms. The van der Waals surface area contributed by atoms with Crippen LogP contribution < -0.4 is 19.9 Å². The molecule has 3 heterocycles. The Kier molecular flexibility index (Phi) is 8.69. The minimum absolute atomic E-state index is 0.0394. The third-order valence-corrected chi connectivity index (χ3v) is 8.29. The second-order valence-electron chi connectivity index (χ2n) is 9.65. The standard InChI is InChI=1S/C28H32N4O5S2/c1-16-14-31(15-17(2)37-16)25-20(18(3)21(13-29)26(33)30(25)4)12-24-27(34)32(28(38)39-24)10-9-19-7-8-22(35-5)23(11-19)36-6/h7-8,11-12,16-17H,9-10,14-15H2,1-6H3. The van der Waals surface area contributed by atoms with Crippen molar-refractivity contribution < 1.29 is 19.0 Å². The van der Waals surface area contributed by atoms with E-state index in [2.05, 4.69) is 4.90 Å². The van der Waals surface area contributed by atoms with Crippen molar-refractivity contribution in [2.24, 2.45) is 7.05 Å². The number of amides is 1. The van der Waals surface area contributed by atoms with Gasteiger partial charge in [-0.2, -0.15) is 5.26 Å². The lowest BCUT2D eigenvalue weighted by atomic mass is 10.0. The summed E-state index contributed by atoms with van der Waals surface area (Å²) in [5, 5.41) is 9.74. The fraction of sp³-hybridized carbons (Fsp3) is 0.429. The summed E-state index contributed by atoms with van der Waals surface area (Å²) in [4.78, 5) is 30.7. The molecule has 9 nitrogen and oxygen atoms in total. The van der Waals surface area contributed by atoms with Crippen LogP contribution in [0.4, 0.5) is 5.82 Å². The number of benzene rings is 1. The molecule has 11 heteroatoms. The third kappa shape index (κ3) is 5.69. The molecule has 2 atom stereocenters. The van der Waals surface area contributed by atoms with Crippen LogP contribution in [0.2, 0.25) is 0 Å². The molecule has 0 bridgehead atoms. The minimum Gasteiger partial charge on any atom is -0.493 e. The van der Waals surface area contributed by atoms with E-state index < -0.39 is 0 Å². The van der Waals surface area contributed by atoms with Crippen molar-refractivity contribution in [3.05, 3.63) is 55.7 Å². The van der Waals surface area contributed by atoms with Crippen LogP contribution in [-0.4, -0.2) is 65.8 Å². The number of hydrogen-bond donors (Lipinski definition) is 0. The summed E-state index contributed by atoms with van der Waals surface area (Å²) in [6.45, 7) is 7.28. The molecule has 1 amide bonds. The van der Waals surface area contributed by atoms with Gasteiger partial charge in [0.15, 0.2) is 11.5 Å². The Morgan fingerprint density at radius 1 is 1.18 bits per heavy atom. The van der Waals surface area contributed by atoms with Crippen LogP contribution in [-0.2, 0) is 23.0 Å². The lowest BCUT2D eigenvalue weighted by molar-refractivity contribution is -0.122. The van der Waals surface area contributed by atoms with Crippen LogP contribution >= 0.6 is 24.0 Å². The van der Waals surface area contributed by atoms with Crippen LogP contribution in [0.5, 0.6) is 11.5 Å². The summed E-state index contributed by atoms with van der Waals surface area (Å²) in [5.41, 5.74) is 1.88. The maximum absolute atomic E-state index is 13.5. The Bertz CT molecular complexity index is 1430. The number of methoxy groups -OCH3 is 2. The van der Waals surface area contributed by atoms with Crippen molar-refractivity contribution in [3.8, 4) is 17.6 Å². The van der Waals surface area contributed by atoms with Gasteiger partial charge in [-0.05, 0) is 56.5 Å². The molecule has 2 fully saturated rings. The van der Waals surface area contributed by atoms with Gasteiger partial charge in [-0.1, -0.05) is 30.0 Å². The van der Waals surface area contributed by atoms with Gasteiger partial charge in [0.05, 0.1) is 31.3 Å². The highest BCUT2D eigenvalue weighted by Gasteiger charge is 2.34. The van der Waals surface area contributed by atoms with E-state index in [1.807, 2.05) is 38.1 Å². The maximum atomic E-state index is 13.5. The van der Waals surface area contributed by atoms with Crippen LogP contribution in [0.25, 0.3) is 6.08 Å². The number of morpholine rings is 1. The molecule has 2 aromatic rings. The van der Waals surface area contributed by atoms with Crippen molar-refractivity contribution in [1.29, 1.82) is 5.26 Å². The van der Waals surface area contributed by atoms with Gasteiger partial charge in [0, 0.05) is 32.2 Å². The molecule has 0 aliphatic carbocycles. The highest BCUT2D eigenvalue weighted by molar-refractivity contribution is 8.26. The van der Waals surface area contributed by atoms with Gasteiger partial charge in [-0.15, -0.1) is 0 Å². The first-order valence-corrected chi connectivity index (χ1v) is 13.8. The van der Waals surface area contributed by atoms with E-state index in [1.54, 1.807) is 39.2 Å². The lowest BCUT2D eigenvalue weighted by Crippen LogP contribution is -2.47. The van der Waals surface area contributed by atoms with E-state index >= 15 is 0 Å². The number of thiocarbonyl (C=S) groups is 1. The van der Waals surface area contributed by atoms with Crippen molar-refractivity contribution in [1.82, 2.24) is 9.47 Å². The molecule has 2 unspecified atom stereocenters. The molecule has 1 aromatic carbocycles.